The van der Waals surface area contributed by atoms with Crippen molar-refractivity contribution in [1.29, 1.82) is 0 Å². The molecule has 4 nitrogen and oxygen atoms in total. The lowest BCUT2D eigenvalue weighted by atomic mass is 10.0. The van der Waals surface area contributed by atoms with Gasteiger partial charge in [0.1, 0.15) is 11.5 Å². The average Bonchev–Trinajstić information content (AvgIpc) is 3.13. The molecule has 0 radical (unpaired) electrons. The minimum absolute atomic E-state index is 0.0106. The Morgan fingerprint density at radius 1 is 0.417 bits per heavy atom. The van der Waals surface area contributed by atoms with Gasteiger partial charge in [0.15, 0.2) is 11.6 Å². The second kappa shape index (κ2) is 20.7. The Kier molecular flexibility index (Phi) is 15.7. The van der Waals surface area contributed by atoms with Gasteiger partial charge in [0.05, 0.1) is 13.2 Å². The highest BCUT2D eigenvalue weighted by Gasteiger charge is 2.10. The van der Waals surface area contributed by atoms with E-state index in [0.29, 0.717) is 35.5 Å². The molecule has 4 aromatic carbocycles. The molecule has 0 spiro atoms. The fraction of sp³-hybridized carbons (Fsp3) is 0.364. The van der Waals surface area contributed by atoms with Crippen LogP contribution in [0.4, 0.5) is 0 Å². The maximum absolute atomic E-state index is 13.0. The van der Waals surface area contributed by atoms with E-state index in [0.717, 1.165) is 35.5 Å². The predicted molar refractivity (Wildman–Crippen MR) is 199 cm³/mol. The van der Waals surface area contributed by atoms with Crippen molar-refractivity contribution in [3.8, 4) is 11.5 Å². The molecule has 4 aromatic rings. The molecule has 0 aliphatic carbocycles. The molecule has 0 unspecified atom stereocenters. The fourth-order valence-corrected chi connectivity index (χ4v) is 5.57. The number of carbonyl (C=O) groups is 2. The van der Waals surface area contributed by atoms with E-state index in [1.54, 1.807) is 0 Å². The van der Waals surface area contributed by atoms with Gasteiger partial charge < -0.3 is 9.47 Å². The number of rotatable bonds is 22. The Labute approximate surface area is 288 Å². The van der Waals surface area contributed by atoms with Gasteiger partial charge in [-0.3, -0.25) is 9.59 Å². The highest BCUT2D eigenvalue weighted by molar-refractivity contribution is 6.09. The molecule has 252 valence electrons. The minimum Gasteiger partial charge on any atom is -0.494 e. The van der Waals surface area contributed by atoms with Gasteiger partial charge in [-0.1, -0.05) is 139 Å². The van der Waals surface area contributed by atoms with Gasteiger partial charge in [-0.15, -0.1) is 0 Å². The van der Waals surface area contributed by atoms with Crippen molar-refractivity contribution >= 4 is 23.7 Å². The predicted octanol–water partition coefficient (Wildman–Crippen LogP) is 11.8. The highest BCUT2D eigenvalue weighted by Crippen LogP contribution is 2.20. The molecule has 48 heavy (non-hydrogen) atoms. The van der Waals surface area contributed by atoms with Crippen molar-refractivity contribution < 1.29 is 19.1 Å². The molecule has 0 heterocycles. The largest absolute Gasteiger partial charge is 0.494 e. The van der Waals surface area contributed by atoms with Gasteiger partial charge in [-0.2, -0.15) is 0 Å². The normalized spacial score (nSPS) is 11.1. The molecule has 0 fully saturated rings. The number of hydrogen-bond acceptors (Lipinski definition) is 4. The standard InChI is InChI=1S/C44H52O4/c1-3-5-7-9-11-13-33-47-41-29-25-39(26-30-41)43(45)37-21-17-35(18-22-37)15-16-36-19-23-38(24-20-36)44(46)40-27-31-42(32-28-40)48-34-14-12-10-8-6-4-2/h15-32H,3-14,33-34H2,1-2H3/b16-15+. The molecule has 0 saturated heterocycles. The topological polar surface area (TPSA) is 52.6 Å². The third-order valence-electron chi connectivity index (χ3n) is 8.58. The monoisotopic (exact) mass is 644 g/mol. The van der Waals surface area contributed by atoms with Crippen molar-refractivity contribution in [3.05, 3.63) is 130 Å². The van der Waals surface area contributed by atoms with E-state index in [1.165, 1.54) is 64.2 Å². The molecule has 4 heteroatoms. The van der Waals surface area contributed by atoms with Crippen molar-refractivity contribution in [2.75, 3.05) is 13.2 Å². The lowest BCUT2D eigenvalue weighted by Gasteiger charge is -2.07. The van der Waals surface area contributed by atoms with E-state index in [4.69, 9.17) is 9.47 Å². The molecule has 4 rings (SSSR count). The zero-order valence-corrected chi connectivity index (χ0v) is 28.9. The van der Waals surface area contributed by atoms with Crippen LogP contribution in [0.15, 0.2) is 97.1 Å². The molecule has 0 N–H and O–H groups in total. The Bertz CT molecular complexity index is 1410. The summed E-state index contributed by atoms with van der Waals surface area (Å²) in [5.41, 5.74) is 4.56. The molecule has 0 saturated carbocycles. The summed E-state index contributed by atoms with van der Waals surface area (Å²) in [5.74, 6) is 1.58. The van der Waals surface area contributed by atoms with E-state index < -0.39 is 0 Å². The van der Waals surface area contributed by atoms with Gasteiger partial charge >= 0.3 is 0 Å². The first-order chi connectivity index (χ1) is 23.6. The lowest BCUT2D eigenvalue weighted by molar-refractivity contribution is 0.103. The summed E-state index contributed by atoms with van der Waals surface area (Å²) in [5, 5.41) is 0. The zero-order valence-electron chi connectivity index (χ0n) is 28.9. The molecule has 0 aliphatic heterocycles. The second-order valence-corrected chi connectivity index (χ2v) is 12.5. The Morgan fingerprint density at radius 3 is 1.04 bits per heavy atom. The summed E-state index contributed by atoms with van der Waals surface area (Å²) in [6, 6.07) is 30.1. The van der Waals surface area contributed by atoms with Gasteiger partial charge in [0, 0.05) is 22.3 Å². The highest BCUT2D eigenvalue weighted by atomic mass is 16.5. The summed E-state index contributed by atoms with van der Waals surface area (Å²) in [4.78, 5) is 26.1. The number of benzene rings is 4. The van der Waals surface area contributed by atoms with Crippen LogP contribution in [0.5, 0.6) is 11.5 Å². The van der Waals surface area contributed by atoms with Crippen LogP contribution in [0.2, 0.25) is 0 Å². The fourth-order valence-electron chi connectivity index (χ4n) is 5.57. The smallest absolute Gasteiger partial charge is 0.193 e. The van der Waals surface area contributed by atoms with Gasteiger partial charge in [0.2, 0.25) is 0 Å². The Hall–Kier alpha value is -4.44. The van der Waals surface area contributed by atoms with E-state index in [-0.39, 0.29) is 11.6 Å². The summed E-state index contributed by atoms with van der Waals surface area (Å²) >= 11 is 0. The number of hydrogen-bond donors (Lipinski definition) is 0. The molecular formula is C44H52O4. The van der Waals surface area contributed by atoms with Crippen LogP contribution in [0.3, 0.4) is 0 Å². The first-order valence-corrected chi connectivity index (χ1v) is 18.0. The third kappa shape index (κ3) is 12.3. The Morgan fingerprint density at radius 2 is 0.708 bits per heavy atom. The molecule has 0 aromatic heterocycles. The number of ether oxygens (including phenoxy) is 2. The van der Waals surface area contributed by atoms with Crippen LogP contribution in [0.1, 0.15) is 134 Å². The SMILES string of the molecule is CCCCCCCCOc1ccc(C(=O)c2ccc(/C=C/c3ccc(C(=O)c4ccc(OCCCCCCCC)cc4)cc3)cc2)cc1. The maximum atomic E-state index is 13.0. The van der Waals surface area contributed by atoms with Crippen LogP contribution < -0.4 is 9.47 Å². The zero-order chi connectivity index (χ0) is 33.8. The maximum Gasteiger partial charge on any atom is 0.193 e. The Balaban J connectivity index is 1.21. The lowest BCUT2D eigenvalue weighted by Crippen LogP contribution is -2.02. The van der Waals surface area contributed by atoms with Gasteiger partial charge in [0.25, 0.3) is 0 Å². The van der Waals surface area contributed by atoms with Crippen LogP contribution in [0.25, 0.3) is 12.2 Å². The van der Waals surface area contributed by atoms with Crippen molar-refractivity contribution in [2.24, 2.45) is 0 Å². The number of unbranched alkanes of at least 4 members (excludes halogenated alkanes) is 10. The second-order valence-electron chi connectivity index (χ2n) is 12.5. The van der Waals surface area contributed by atoms with Gasteiger partial charge in [-0.25, -0.2) is 0 Å². The van der Waals surface area contributed by atoms with Crippen LogP contribution in [0, 0.1) is 0 Å². The van der Waals surface area contributed by atoms with Crippen molar-refractivity contribution in [1.82, 2.24) is 0 Å². The number of carbonyl (C=O) groups excluding carboxylic acids is 2. The summed E-state index contributed by atoms with van der Waals surface area (Å²) < 4.78 is 11.7. The molecule has 0 aliphatic rings. The first-order valence-electron chi connectivity index (χ1n) is 18.0. The van der Waals surface area contributed by atoms with E-state index in [2.05, 4.69) is 13.8 Å². The molecule has 0 bridgehead atoms. The average molecular weight is 645 g/mol. The van der Waals surface area contributed by atoms with Crippen LogP contribution >= 0.6 is 0 Å². The first kappa shape index (κ1) is 36.4. The van der Waals surface area contributed by atoms with Crippen LogP contribution in [-0.2, 0) is 0 Å². The summed E-state index contributed by atoms with van der Waals surface area (Å²) in [7, 11) is 0. The third-order valence-corrected chi connectivity index (χ3v) is 8.58. The quantitative estimate of drug-likeness (QED) is 0.0485. The summed E-state index contributed by atoms with van der Waals surface area (Å²) in [6.07, 6.45) is 18.8. The van der Waals surface area contributed by atoms with Crippen molar-refractivity contribution in [3.63, 3.8) is 0 Å². The van der Waals surface area contributed by atoms with Gasteiger partial charge in [-0.05, 0) is 72.5 Å². The molecule has 0 amide bonds. The van der Waals surface area contributed by atoms with Crippen LogP contribution in [-0.4, -0.2) is 24.8 Å². The minimum atomic E-state index is -0.0106. The van der Waals surface area contributed by atoms with E-state index in [1.807, 2.05) is 109 Å². The van der Waals surface area contributed by atoms with E-state index in [9.17, 15) is 9.59 Å². The molecular weight excluding hydrogens is 592 g/mol. The number of ketones is 2. The van der Waals surface area contributed by atoms with Crippen molar-refractivity contribution in [2.45, 2.75) is 90.9 Å². The van der Waals surface area contributed by atoms with E-state index >= 15 is 0 Å². The molecule has 0 atom stereocenters. The summed E-state index contributed by atoms with van der Waals surface area (Å²) in [6.45, 7) is 5.88.